The van der Waals surface area contributed by atoms with Gasteiger partial charge < -0.3 is 5.11 Å². The molecule has 0 saturated carbocycles. The van der Waals surface area contributed by atoms with Crippen molar-refractivity contribution in [2.24, 2.45) is 5.92 Å². The Morgan fingerprint density at radius 2 is 2.00 bits per heavy atom. The zero-order chi connectivity index (χ0) is 9.68. The predicted molar refractivity (Wildman–Crippen MR) is 59.2 cm³/mol. The lowest BCUT2D eigenvalue weighted by Crippen LogP contribution is -2.05. The van der Waals surface area contributed by atoms with Crippen molar-refractivity contribution in [1.29, 1.82) is 0 Å². The predicted octanol–water partition coefficient (Wildman–Crippen LogP) is 3.14. The van der Waals surface area contributed by atoms with E-state index in [-0.39, 0.29) is 5.05 Å². The van der Waals surface area contributed by atoms with Gasteiger partial charge in [0, 0.05) is 6.42 Å². The van der Waals surface area contributed by atoms with Gasteiger partial charge in [-0.05, 0) is 30.1 Å². The van der Waals surface area contributed by atoms with Crippen LogP contribution in [0.4, 0.5) is 0 Å². The molecule has 1 aromatic carbocycles. The first-order valence-corrected chi connectivity index (χ1v) is 4.85. The quantitative estimate of drug-likeness (QED) is 0.743. The summed E-state index contributed by atoms with van der Waals surface area (Å²) in [6.07, 6.45) is 1.59. The van der Waals surface area contributed by atoms with Gasteiger partial charge in [-0.3, -0.25) is 0 Å². The molecule has 0 amide bonds. The Balaban J connectivity index is 2.45. The van der Waals surface area contributed by atoms with Crippen molar-refractivity contribution in [1.82, 2.24) is 0 Å². The molecular formula is C11H14OS. The molecular weight excluding hydrogens is 180 g/mol. The average molecular weight is 194 g/mol. The minimum absolute atomic E-state index is 0.114. The van der Waals surface area contributed by atoms with E-state index in [1.165, 1.54) is 5.56 Å². The van der Waals surface area contributed by atoms with Gasteiger partial charge >= 0.3 is 0 Å². The molecule has 0 spiro atoms. The van der Waals surface area contributed by atoms with Crippen molar-refractivity contribution in [2.75, 3.05) is 0 Å². The highest BCUT2D eigenvalue weighted by molar-refractivity contribution is 7.80. The van der Waals surface area contributed by atoms with Crippen molar-refractivity contribution in [3.05, 3.63) is 35.9 Å². The molecule has 1 N–H and O–H groups in total. The maximum atomic E-state index is 8.93. The molecule has 0 aromatic heterocycles. The molecule has 1 rings (SSSR count). The van der Waals surface area contributed by atoms with E-state index in [1.807, 2.05) is 18.2 Å². The average Bonchev–Trinajstić information content (AvgIpc) is 2.04. The van der Waals surface area contributed by atoms with Crippen LogP contribution in [0.1, 0.15) is 18.9 Å². The smallest absolute Gasteiger partial charge is 0.156 e. The molecule has 0 radical (unpaired) electrons. The van der Waals surface area contributed by atoms with E-state index in [2.05, 4.69) is 31.3 Å². The van der Waals surface area contributed by atoms with Crippen molar-refractivity contribution in [2.45, 2.75) is 19.8 Å². The van der Waals surface area contributed by atoms with Crippen molar-refractivity contribution in [3.63, 3.8) is 0 Å². The number of rotatable bonds is 4. The van der Waals surface area contributed by atoms with Gasteiger partial charge in [0.05, 0.1) is 0 Å². The Labute approximate surface area is 84.4 Å². The number of hydrogen-bond donors (Lipinski definition) is 1. The lowest BCUT2D eigenvalue weighted by atomic mass is 9.99. The second-order valence-electron chi connectivity index (χ2n) is 3.39. The van der Waals surface area contributed by atoms with Crippen LogP contribution >= 0.6 is 12.2 Å². The largest absolute Gasteiger partial charge is 0.502 e. The first-order chi connectivity index (χ1) is 6.18. The fourth-order valence-electron chi connectivity index (χ4n) is 1.39. The number of benzene rings is 1. The zero-order valence-electron chi connectivity index (χ0n) is 7.73. The van der Waals surface area contributed by atoms with E-state index in [0.29, 0.717) is 12.3 Å². The first kappa shape index (κ1) is 10.2. The third kappa shape index (κ3) is 4.04. The molecule has 70 valence electrons. The van der Waals surface area contributed by atoms with Gasteiger partial charge in [0.15, 0.2) is 5.05 Å². The minimum Gasteiger partial charge on any atom is -0.502 e. The third-order valence-electron chi connectivity index (χ3n) is 1.95. The molecule has 0 heterocycles. The molecule has 13 heavy (non-hydrogen) atoms. The summed E-state index contributed by atoms with van der Waals surface area (Å²) in [4.78, 5) is 0. The van der Waals surface area contributed by atoms with Crippen LogP contribution in [0.5, 0.6) is 0 Å². The summed E-state index contributed by atoms with van der Waals surface area (Å²) >= 11 is 4.64. The highest BCUT2D eigenvalue weighted by Crippen LogP contribution is 2.11. The van der Waals surface area contributed by atoms with Gasteiger partial charge in [0.1, 0.15) is 0 Å². The fourth-order valence-corrected chi connectivity index (χ4v) is 1.67. The summed E-state index contributed by atoms with van der Waals surface area (Å²) in [7, 11) is 0. The maximum Gasteiger partial charge on any atom is 0.156 e. The number of aliphatic hydroxyl groups excluding tert-OH is 1. The Hall–Kier alpha value is -0.890. The SMILES string of the molecule is CC(CC(O)=S)Cc1ccccc1. The molecule has 0 aliphatic rings. The summed E-state index contributed by atoms with van der Waals surface area (Å²) < 4.78 is 0. The van der Waals surface area contributed by atoms with Gasteiger partial charge in [-0.2, -0.15) is 0 Å². The fraction of sp³-hybridized carbons (Fsp3) is 0.364. The van der Waals surface area contributed by atoms with Crippen LogP contribution in [0.3, 0.4) is 0 Å². The molecule has 0 aliphatic heterocycles. The van der Waals surface area contributed by atoms with Crippen molar-refractivity contribution in [3.8, 4) is 0 Å². The van der Waals surface area contributed by atoms with Crippen LogP contribution in [0, 0.1) is 5.92 Å². The van der Waals surface area contributed by atoms with Crippen molar-refractivity contribution >= 4 is 17.3 Å². The van der Waals surface area contributed by atoms with Gasteiger partial charge in [-0.1, -0.05) is 37.3 Å². The summed E-state index contributed by atoms with van der Waals surface area (Å²) in [5.41, 5.74) is 1.30. The molecule has 2 heteroatoms. The van der Waals surface area contributed by atoms with Crippen LogP contribution in [0.2, 0.25) is 0 Å². The minimum atomic E-state index is 0.114. The van der Waals surface area contributed by atoms with Gasteiger partial charge in [0.2, 0.25) is 0 Å². The summed E-state index contributed by atoms with van der Waals surface area (Å²) in [5, 5.41) is 9.05. The standard InChI is InChI=1S/C11H14OS/c1-9(8-11(12)13)7-10-5-3-2-4-6-10/h2-6,9H,7-8H2,1H3,(H,12,13). The van der Waals surface area contributed by atoms with E-state index in [4.69, 9.17) is 5.11 Å². The van der Waals surface area contributed by atoms with Gasteiger partial charge in [0.25, 0.3) is 0 Å². The van der Waals surface area contributed by atoms with Crippen LogP contribution < -0.4 is 0 Å². The monoisotopic (exact) mass is 194 g/mol. The Morgan fingerprint density at radius 1 is 1.38 bits per heavy atom. The molecule has 0 aliphatic carbocycles. The van der Waals surface area contributed by atoms with Crippen LogP contribution in [0.25, 0.3) is 0 Å². The maximum absolute atomic E-state index is 8.93. The van der Waals surface area contributed by atoms with E-state index in [9.17, 15) is 0 Å². The zero-order valence-corrected chi connectivity index (χ0v) is 8.55. The Bertz CT molecular complexity index is 269. The van der Waals surface area contributed by atoms with E-state index >= 15 is 0 Å². The second kappa shape index (κ2) is 4.97. The van der Waals surface area contributed by atoms with E-state index in [1.54, 1.807) is 0 Å². The topological polar surface area (TPSA) is 20.2 Å². The van der Waals surface area contributed by atoms with Crippen molar-refractivity contribution < 1.29 is 5.11 Å². The van der Waals surface area contributed by atoms with Gasteiger partial charge in [-0.25, -0.2) is 0 Å². The molecule has 0 fully saturated rings. The summed E-state index contributed by atoms with van der Waals surface area (Å²) in [5.74, 6) is 0.417. The number of hydrogen-bond acceptors (Lipinski definition) is 1. The van der Waals surface area contributed by atoms with E-state index in [0.717, 1.165) is 6.42 Å². The normalized spacial score (nSPS) is 12.4. The Kier molecular flexibility index (Phi) is 3.90. The molecule has 1 nitrogen and oxygen atoms in total. The molecule has 1 unspecified atom stereocenters. The van der Waals surface area contributed by atoms with Crippen LogP contribution in [0.15, 0.2) is 30.3 Å². The summed E-state index contributed by atoms with van der Waals surface area (Å²) in [6.45, 7) is 2.09. The second-order valence-corrected chi connectivity index (χ2v) is 3.86. The lowest BCUT2D eigenvalue weighted by molar-refractivity contribution is 0.503. The van der Waals surface area contributed by atoms with Crippen LogP contribution in [-0.2, 0) is 6.42 Å². The highest BCUT2D eigenvalue weighted by Gasteiger charge is 2.05. The Morgan fingerprint density at radius 3 is 2.54 bits per heavy atom. The highest BCUT2D eigenvalue weighted by atomic mass is 32.1. The molecule has 1 aromatic rings. The first-order valence-electron chi connectivity index (χ1n) is 4.44. The summed E-state index contributed by atoms with van der Waals surface area (Å²) in [6, 6.07) is 10.2. The lowest BCUT2D eigenvalue weighted by Gasteiger charge is -2.08. The molecule has 0 bridgehead atoms. The molecule has 1 atom stereocenters. The third-order valence-corrected chi connectivity index (χ3v) is 2.12. The van der Waals surface area contributed by atoms with E-state index < -0.39 is 0 Å². The van der Waals surface area contributed by atoms with Crippen LogP contribution in [-0.4, -0.2) is 10.2 Å². The number of thiocarbonyl (C=S) groups is 1. The number of aliphatic hydroxyl groups is 1. The van der Waals surface area contributed by atoms with Gasteiger partial charge in [-0.15, -0.1) is 0 Å². The molecule has 0 saturated heterocycles.